The van der Waals surface area contributed by atoms with E-state index in [4.69, 9.17) is 4.52 Å². The molecular weight excluding hydrogens is 270 g/mol. The molecule has 21 heavy (non-hydrogen) atoms. The number of hydrogen-bond acceptors (Lipinski definition) is 5. The molecule has 0 amide bonds. The molecule has 3 aromatic heterocycles. The highest BCUT2D eigenvalue weighted by Gasteiger charge is 2.22. The zero-order chi connectivity index (χ0) is 14.2. The van der Waals surface area contributed by atoms with Gasteiger partial charge in [-0.05, 0) is 31.7 Å². The number of aromatic amines is 2. The molecule has 106 valence electrons. The molecule has 0 unspecified atom stereocenters. The van der Waals surface area contributed by atoms with Gasteiger partial charge in [-0.15, -0.1) is 0 Å². The Morgan fingerprint density at radius 1 is 1.19 bits per heavy atom. The van der Waals surface area contributed by atoms with Crippen LogP contribution in [-0.4, -0.2) is 25.3 Å². The first-order chi connectivity index (χ1) is 10.3. The van der Waals surface area contributed by atoms with Crippen LogP contribution in [0.1, 0.15) is 24.1 Å². The molecule has 2 N–H and O–H groups in total. The molecule has 3 heterocycles. The average molecular weight is 283 g/mol. The molecule has 4 rings (SSSR count). The number of H-pyrrole nitrogens is 2. The molecule has 0 bridgehead atoms. The van der Waals surface area contributed by atoms with Crippen LogP contribution in [0, 0.1) is 0 Å². The zero-order valence-electron chi connectivity index (χ0n) is 11.2. The van der Waals surface area contributed by atoms with Gasteiger partial charge in [-0.25, -0.2) is 0 Å². The summed E-state index contributed by atoms with van der Waals surface area (Å²) in [6.07, 6.45) is 5.90. The number of nitrogens with zero attached hydrogens (tertiary/aromatic N) is 3. The van der Waals surface area contributed by atoms with E-state index in [2.05, 4.69) is 25.3 Å². The Bertz CT molecular complexity index is 825. The van der Waals surface area contributed by atoms with Gasteiger partial charge in [-0.2, -0.15) is 10.1 Å². The monoisotopic (exact) mass is 283 g/mol. The molecule has 1 aliphatic rings. The predicted octanol–water partition coefficient (Wildman–Crippen LogP) is 1.69. The Morgan fingerprint density at radius 2 is 2.10 bits per heavy atom. The predicted molar refractivity (Wildman–Crippen MR) is 74.6 cm³/mol. The second-order valence-electron chi connectivity index (χ2n) is 5.10. The standard InChI is InChI=1S/C14H13N5O2/c20-11-6-5-8(7-15-11)13-16-14(21-19-13)12-9-3-1-2-4-10(9)17-18-12/h5-7H,1-4H2,(H,15,20)(H,17,18). The minimum atomic E-state index is -0.163. The normalized spacial score (nSPS) is 14.1. The van der Waals surface area contributed by atoms with Crippen LogP contribution in [0.3, 0.4) is 0 Å². The molecule has 0 saturated carbocycles. The van der Waals surface area contributed by atoms with E-state index in [1.54, 1.807) is 12.3 Å². The molecule has 0 aliphatic heterocycles. The maximum atomic E-state index is 11.1. The minimum Gasteiger partial charge on any atom is -0.332 e. The summed E-state index contributed by atoms with van der Waals surface area (Å²) in [6, 6.07) is 3.09. The lowest BCUT2D eigenvalue weighted by molar-refractivity contribution is 0.430. The Balaban J connectivity index is 1.73. The molecule has 7 heteroatoms. The first kappa shape index (κ1) is 12.1. The number of pyridine rings is 1. The van der Waals surface area contributed by atoms with E-state index < -0.39 is 0 Å². The van der Waals surface area contributed by atoms with Crippen LogP contribution in [-0.2, 0) is 12.8 Å². The van der Waals surface area contributed by atoms with Crippen molar-refractivity contribution in [1.82, 2.24) is 25.3 Å². The van der Waals surface area contributed by atoms with Gasteiger partial charge in [0, 0.05) is 29.1 Å². The van der Waals surface area contributed by atoms with Crippen LogP contribution in [0.25, 0.3) is 23.0 Å². The molecule has 1 aliphatic carbocycles. The fourth-order valence-corrected chi connectivity index (χ4v) is 2.64. The maximum absolute atomic E-state index is 11.1. The highest BCUT2D eigenvalue weighted by atomic mass is 16.5. The molecule has 0 spiro atoms. The van der Waals surface area contributed by atoms with Crippen LogP contribution in [0.2, 0.25) is 0 Å². The van der Waals surface area contributed by atoms with Gasteiger partial charge in [0.25, 0.3) is 5.89 Å². The smallest absolute Gasteiger partial charge is 0.279 e. The number of nitrogens with one attached hydrogen (secondary N) is 2. The van der Waals surface area contributed by atoms with Crippen molar-refractivity contribution in [3.05, 3.63) is 39.9 Å². The highest BCUT2D eigenvalue weighted by Crippen LogP contribution is 2.29. The van der Waals surface area contributed by atoms with Gasteiger partial charge in [0.1, 0.15) is 0 Å². The van der Waals surface area contributed by atoms with Crippen molar-refractivity contribution in [1.29, 1.82) is 0 Å². The number of rotatable bonds is 2. The lowest BCUT2D eigenvalue weighted by atomic mass is 9.96. The van der Waals surface area contributed by atoms with Gasteiger partial charge in [-0.3, -0.25) is 9.89 Å². The molecule has 0 atom stereocenters. The van der Waals surface area contributed by atoms with Crippen molar-refractivity contribution in [3.8, 4) is 23.0 Å². The third-order valence-electron chi connectivity index (χ3n) is 3.73. The van der Waals surface area contributed by atoms with E-state index in [9.17, 15) is 4.79 Å². The van der Waals surface area contributed by atoms with Crippen LogP contribution < -0.4 is 5.56 Å². The quantitative estimate of drug-likeness (QED) is 0.745. The topological polar surface area (TPSA) is 100 Å². The van der Waals surface area contributed by atoms with E-state index in [1.807, 2.05) is 0 Å². The summed E-state index contributed by atoms with van der Waals surface area (Å²) in [5.74, 6) is 0.851. The van der Waals surface area contributed by atoms with Crippen molar-refractivity contribution in [2.45, 2.75) is 25.7 Å². The van der Waals surface area contributed by atoms with Crippen LogP contribution in [0.5, 0.6) is 0 Å². The van der Waals surface area contributed by atoms with Gasteiger partial charge in [-0.1, -0.05) is 5.16 Å². The van der Waals surface area contributed by atoms with Crippen LogP contribution >= 0.6 is 0 Å². The summed E-state index contributed by atoms with van der Waals surface area (Å²) in [6.45, 7) is 0. The summed E-state index contributed by atoms with van der Waals surface area (Å²) in [5, 5.41) is 11.3. The van der Waals surface area contributed by atoms with Gasteiger partial charge in [0.05, 0.1) is 0 Å². The lowest BCUT2D eigenvalue weighted by Gasteiger charge is -2.09. The zero-order valence-corrected chi connectivity index (χ0v) is 11.2. The molecule has 0 fully saturated rings. The number of aryl methyl sites for hydroxylation is 1. The summed E-state index contributed by atoms with van der Waals surface area (Å²) in [4.78, 5) is 18.0. The van der Waals surface area contributed by atoms with Crippen molar-refractivity contribution in [2.24, 2.45) is 0 Å². The van der Waals surface area contributed by atoms with Crippen molar-refractivity contribution in [2.75, 3.05) is 0 Å². The molecule has 0 radical (unpaired) electrons. The maximum Gasteiger partial charge on any atom is 0.279 e. The third-order valence-corrected chi connectivity index (χ3v) is 3.73. The SMILES string of the molecule is O=c1ccc(-c2noc(-c3n[nH]c4c3CCCC4)n2)c[nH]1. The van der Waals surface area contributed by atoms with Gasteiger partial charge in [0.15, 0.2) is 5.69 Å². The Kier molecular flexibility index (Phi) is 2.70. The van der Waals surface area contributed by atoms with Gasteiger partial charge < -0.3 is 9.51 Å². The fraction of sp³-hybridized carbons (Fsp3) is 0.286. The van der Waals surface area contributed by atoms with Crippen molar-refractivity contribution in [3.63, 3.8) is 0 Å². The van der Waals surface area contributed by atoms with Crippen molar-refractivity contribution >= 4 is 0 Å². The van der Waals surface area contributed by atoms with E-state index >= 15 is 0 Å². The fourth-order valence-electron chi connectivity index (χ4n) is 2.64. The molecule has 0 aromatic carbocycles. The van der Waals surface area contributed by atoms with E-state index in [0.29, 0.717) is 17.3 Å². The summed E-state index contributed by atoms with van der Waals surface area (Å²) in [5.41, 5.74) is 3.63. The number of aromatic nitrogens is 5. The van der Waals surface area contributed by atoms with Crippen molar-refractivity contribution < 1.29 is 4.52 Å². The number of hydrogen-bond donors (Lipinski definition) is 2. The van der Waals surface area contributed by atoms with E-state index in [1.165, 1.54) is 23.7 Å². The molecular formula is C14H13N5O2. The Hall–Kier alpha value is -2.70. The average Bonchev–Trinajstić information content (AvgIpc) is 3.14. The van der Waals surface area contributed by atoms with Gasteiger partial charge >= 0.3 is 0 Å². The third kappa shape index (κ3) is 2.06. The highest BCUT2D eigenvalue weighted by molar-refractivity contribution is 5.59. The largest absolute Gasteiger partial charge is 0.332 e. The first-order valence-electron chi connectivity index (χ1n) is 6.90. The second-order valence-corrected chi connectivity index (χ2v) is 5.10. The van der Waals surface area contributed by atoms with Crippen LogP contribution in [0.4, 0.5) is 0 Å². The minimum absolute atomic E-state index is 0.163. The van der Waals surface area contributed by atoms with E-state index in [0.717, 1.165) is 25.0 Å². The first-order valence-corrected chi connectivity index (χ1v) is 6.90. The Morgan fingerprint density at radius 3 is 2.95 bits per heavy atom. The number of fused-ring (bicyclic) bond motifs is 1. The second kappa shape index (κ2) is 4.69. The summed E-state index contributed by atoms with van der Waals surface area (Å²) in [7, 11) is 0. The molecule has 7 nitrogen and oxygen atoms in total. The molecule has 3 aromatic rings. The van der Waals surface area contributed by atoms with E-state index in [-0.39, 0.29) is 5.56 Å². The summed E-state index contributed by atoms with van der Waals surface area (Å²) < 4.78 is 5.32. The molecule has 0 saturated heterocycles. The Labute approximate surface area is 119 Å². The van der Waals surface area contributed by atoms with Crippen LogP contribution in [0.15, 0.2) is 27.6 Å². The van der Waals surface area contributed by atoms with Gasteiger partial charge in [0.2, 0.25) is 11.4 Å². The lowest BCUT2D eigenvalue weighted by Crippen LogP contribution is -2.01. The summed E-state index contributed by atoms with van der Waals surface area (Å²) >= 11 is 0.